The molecule has 1 heterocycles. The Morgan fingerprint density at radius 1 is 1.59 bits per heavy atom. The van der Waals surface area contributed by atoms with E-state index in [1.54, 1.807) is 7.11 Å². The molecule has 0 aromatic heterocycles. The first-order valence-electron chi connectivity index (χ1n) is 6.53. The molecule has 5 heteroatoms. The van der Waals surface area contributed by atoms with E-state index in [1.165, 1.54) is 6.42 Å². The maximum atomic E-state index is 11.9. The van der Waals surface area contributed by atoms with Gasteiger partial charge in [0.05, 0.1) is 6.61 Å². The largest absolute Gasteiger partial charge is 0.383 e. The topological polar surface area (TPSA) is 53.6 Å². The van der Waals surface area contributed by atoms with Gasteiger partial charge in [0.25, 0.3) is 0 Å². The Kier molecular flexibility index (Phi) is 6.96. The molecule has 1 aliphatic heterocycles. The molecule has 2 N–H and O–H groups in total. The van der Waals surface area contributed by atoms with Crippen LogP contribution in [0.15, 0.2) is 0 Å². The van der Waals surface area contributed by atoms with E-state index >= 15 is 0 Å². The molecule has 17 heavy (non-hydrogen) atoms. The van der Waals surface area contributed by atoms with Crippen molar-refractivity contribution in [1.29, 1.82) is 0 Å². The summed E-state index contributed by atoms with van der Waals surface area (Å²) in [6.07, 6.45) is 3.33. The van der Waals surface area contributed by atoms with E-state index in [-0.39, 0.29) is 6.03 Å². The van der Waals surface area contributed by atoms with Crippen LogP contribution in [0.1, 0.15) is 26.2 Å². The van der Waals surface area contributed by atoms with Gasteiger partial charge in [-0.25, -0.2) is 4.79 Å². The monoisotopic (exact) mass is 243 g/mol. The Bertz CT molecular complexity index is 218. The van der Waals surface area contributed by atoms with E-state index in [4.69, 9.17) is 4.74 Å². The molecule has 0 radical (unpaired) electrons. The first-order valence-corrected chi connectivity index (χ1v) is 6.53. The van der Waals surface area contributed by atoms with Gasteiger partial charge in [-0.2, -0.15) is 0 Å². The Morgan fingerprint density at radius 3 is 3.00 bits per heavy atom. The van der Waals surface area contributed by atoms with Crippen LogP contribution in [0.4, 0.5) is 4.79 Å². The number of nitrogens with one attached hydrogen (secondary N) is 2. The number of methoxy groups -OCH3 is 1. The Labute approximate surface area is 104 Å². The summed E-state index contributed by atoms with van der Waals surface area (Å²) in [4.78, 5) is 13.8. The highest BCUT2D eigenvalue weighted by Crippen LogP contribution is 2.07. The summed E-state index contributed by atoms with van der Waals surface area (Å²) in [6.45, 7) is 5.88. The third kappa shape index (κ3) is 5.37. The van der Waals surface area contributed by atoms with Gasteiger partial charge in [0.2, 0.25) is 0 Å². The highest BCUT2D eigenvalue weighted by atomic mass is 16.5. The smallest absolute Gasteiger partial charge is 0.317 e. The first-order chi connectivity index (χ1) is 8.27. The van der Waals surface area contributed by atoms with Gasteiger partial charge in [0, 0.05) is 32.8 Å². The van der Waals surface area contributed by atoms with E-state index in [0.29, 0.717) is 19.2 Å². The molecule has 1 unspecified atom stereocenters. The van der Waals surface area contributed by atoms with Crippen molar-refractivity contribution in [2.75, 3.05) is 39.9 Å². The van der Waals surface area contributed by atoms with E-state index in [1.807, 2.05) is 4.90 Å². The Hall–Kier alpha value is -0.810. The SMILES string of the molecule is CCCNC(=O)N(CCOC)CC1CCCN1. The third-order valence-electron chi connectivity index (χ3n) is 2.98. The van der Waals surface area contributed by atoms with Crippen molar-refractivity contribution in [3.8, 4) is 0 Å². The van der Waals surface area contributed by atoms with E-state index < -0.39 is 0 Å². The summed E-state index contributed by atoms with van der Waals surface area (Å²) in [6, 6.07) is 0.469. The normalized spacial score (nSPS) is 19.3. The number of hydrogen-bond donors (Lipinski definition) is 2. The summed E-state index contributed by atoms with van der Waals surface area (Å²) in [5.41, 5.74) is 0. The maximum absolute atomic E-state index is 11.9. The molecule has 0 aromatic carbocycles. The van der Waals surface area contributed by atoms with Gasteiger partial charge in [-0.05, 0) is 25.8 Å². The zero-order valence-corrected chi connectivity index (χ0v) is 11.0. The third-order valence-corrected chi connectivity index (χ3v) is 2.98. The number of carbonyl (C=O) groups excluding carboxylic acids is 1. The summed E-state index contributed by atoms with van der Waals surface area (Å²) in [7, 11) is 1.66. The van der Waals surface area contributed by atoms with Crippen molar-refractivity contribution in [3.63, 3.8) is 0 Å². The second-order valence-electron chi connectivity index (χ2n) is 4.46. The lowest BCUT2D eigenvalue weighted by atomic mass is 10.2. The minimum Gasteiger partial charge on any atom is -0.383 e. The molecule has 5 nitrogen and oxygen atoms in total. The zero-order chi connectivity index (χ0) is 12.5. The minimum atomic E-state index is 0.0256. The molecule has 100 valence electrons. The predicted molar refractivity (Wildman–Crippen MR) is 68.2 cm³/mol. The number of urea groups is 1. The Balaban J connectivity index is 2.37. The van der Waals surface area contributed by atoms with Crippen LogP contribution in [-0.2, 0) is 4.74 Å². The summed E-state index contributed by atoms with van der Waals surface area (Å²) < 4.78 is 5.05. The minimum absolute atomic E-state index is 0.0256. The van der Waals surface area contributed by atoms with Gasteiger partial charge in [-0.1, -0.05) is 6.92 Å². The second-order valence-corrected chi connectivity index (χ2v) is 4.46. The molecule has 0 aliphatic carbocycles. The van der Waals surface area contributed by atoms with Gasteiger partial charge in [0.15, 0.2) is 0 Å². The number of hydrogen-bond acceptors (Lipinski definition) is 3. The molecule has 1 aliphatic rings. The van der Waals surface area contributed by atoms with E-state index in [0.717, 1.165) is 32.5 Å². The molecule has 2 amide bonds. The quantitative estimate of drug-likeness (QED) is 0.695. The fraction of sp³-hybridized carbons (Fsp3) is 0.917. The van der Waals surface area contributed by atoms with Gasteiger partial charge < -0.3 is 20.3 Å². The molecule has 1 rings (SSSR count). The van der Waals surface area contributed by atoms with Gasteiger partial charge in [0.1, 0.15) is 0 Å². The van der Waals surface area contributed by atoms with E-state index in [9.17, 15) is 4.79 Å². The van der Waals surface area contributed by atoms with Crippen LogP contribution in [0.2, 0.25) is 0 Å². The lowest BCUT2D eigenvalue weighted by Crippen LogP contribution is -2.47. The molecule has 0 saturated carbocycles. The van der Waals surface area contributed by atoms with Crippen molar-refractivity contribution in [1.82, 2.24) is 15.5 Å². The van der Waals surface area contributed by atoms with Crippen LogP contribution in [0.25, 0.3) is 0 Å². The molecule has 1 saturated heterocycles. The molecule has 0 spiro atoms. The zero-order valence-electron chi connectivity index (χ0n) is 11.0. The van der Waals surface area contributed by atoms with Gasteiger partial charge in [-0.3, -0.25) is 0 Å². The lowest BCUT2D eigenvalue weighted by Gasteiger charge is -2.25. The number of amides is 2. The summed E-state index contributed by atoms with van der Waals surface area (Å²) in [5, 5.41) is 6.33. The number of ether oxygens (including phenoxy) is 1. The van der Waals surface area contributed by atoms with Crippen LogP contribution in [0.5, 0.6) is 0 Å². The van der Waals surface area contributed by atoms with E-state index in [2.05, 4.69) is 17.6 Å². The Morgan fingerprint density at radius 2 is 2.41 bits per heavy atom. The average molecular weight is 243 g/mol. The van der Waals surface area contributed by atoms with Crippen molar-refractivity contribution in [3.05, 3.63) is 0 Å². The molecular weight excluding hydrogens is 218 g/mol. The standard InChI is InChI=1S/C12H25N3O2/c1-3-6-14-12(16)15(8-9-17-2)10-11-5-4-7-13-11/h11,13H,3-10H2,1-2H3,(H,14,16). The first kappa shape index (κ1) is 14.3. The molecule has 1 atom stereocenters. The van der Waals surface area contributed by atoms with Crippen LogP contribution in [0, 0.1) is 0 Å². The van der Waals surface area contributed by atoms with Crippen LogP contribution >= 0.6 is 0 Å². The van der Waals surface area contributed by atoms with Gasteiger partial charge >= 0.3 is 6.03 Å². The van der Waals surface area contributed by atoms with Crippen LogP contribution in [0.3, 0.4) is 0 Å². The average Bonchev–Trinajstić information content (AvgIpc) is 2.84. The summed E-state index contributed by atoms with van der Waals surface area (Å²) >= 11 is 0. The number of carbonyl (C=O) groups is 1. The number of rotatable bonds is 7. The van der Waals surface area contributed by atoms with Gasteiger partial charge in [-0.15, -0.1) is 0 Å². The molecule has 0 aromatic rings. The van der Waals surface area contributed by atoms with Crippen molar-refractivity contribution >= 4 is 6.03 Å². The highest BCUT2D eigenvalue weighted by Gasteiger charge is 2.20. The molecular formula is C12H25N3O2. The number of nitrogens with zero attached hydrogens (tertiary/aromatic N) is 1. The maximum Gasteiger partial charge on any atom is 0.317 e. The van der Waals surface area contributed by atoms with Crippen molar-refractivity contribution < 1.29 is 9.53 Å². The predicted octanol–water partition coefficient (Wildman–Crippen LogP) is 0.806. The molecule has 0 bridgehead atoms. The van der Waals surface area contributed by atoms with Crippen LogP contribution < -0.4 is 10.6 Å². The fourth-order valence-electron chi connectivity index (χ4n) is 2.00. The summed E-state index contributed by atoms with van der Waals surface area (Å²) in [5.74, 6) is 0. The van der Waals surface area contributed by atoms with Crippen molar-refractivity contribution in [2.24, 2.45) is 0 Å². The fourth-order valence-corrected chi connectivity index (χ4v) is 2.00. The highest BCUT2D eigenvalue weighted by molar-refractivity contribution is 5.74. The van der Waals surface area contributed by atoms with Crippen molar-refractivity contribution in [2.45, 2.75) is 32.2 Å². The molecule has 1 fully saturated rings. The second kappa shape index (κ2) is 8.31. The lowest BCUT2D eigenvalue weighted by molar-refractivity contribution is 0.145. The van der Waals surface area contributed by atoms with Crippen LogP contribution in [-0.4, -0.2) is 56.9 Å².